The van der Waals surface area contributed by atoms with E-state index in [2.05, 4.69) is 15.2 Å². The van der Waals surface area contributed by atoms with Crippen LogP contribution in [0.2, 0.25) is 0 Å². The molecule has 3 rings (SSSR count). The number of carbonyl (C=O) groups is 1. The molecule has 0 spiro atoms. The molecule has 0 aliphatic rings. The molecule has 3 aromatic rings. The van der Waals surface area contributed by atoms with Crippen LogP contribution in [0.15, 0.2) is 54.9 Å². The lowest BCUT2D eigenvalue weighted by Gasteiger charge is -2.03. The molecular formula is C15H12N4O. The van der Waals surface area contributed by atoms with E-state index in [0.717, 1.165) is 22.5 Å². The normalized spacial score (nSPS) is 10.4. The van der Waals surface area contributed by atoms with Crippen molar-refractivity contribution in [3.63, 3.8) is 0 Å². The second kappa shape index (κ2) is 4.97. The quantitative estimate of drug-likeness (QED) is 0.760. The first-order chi connectivity index (χ1) is 9.74. The second-order valence-corrected chi connectivity index (χ2v) is 4.34. The first-order valence-corrected chi connectivity index (χ1v) is 6.10. The van der Waals surface area contributed by atoms with Gasteiger partial charge in [0.05, 0.1) is 17.0 Å². The van der Waals surface area contributed by atoms with Crippen LogP contribution in [-0.4, -0.2) is 21.1 Å². The Morgan fingerprint density at radius 2 is 1.75 bits per heavy atom. The Bertz CT molecular complexity index is 716. The van der Waals surface area contributed by atoms with E-state index in [1.54, 1.807) is 18.3 Å². The monoisotopic (exact) mass is 264 g/mol. The van der Waals surface area contributed by atoms with Crippen molar-refractivity contribution in [1.29, 1.82) is 0 Å². The number of hydrogen-bond donors (Lipinski definition) is 2. The number of nitrogens with zero attached hydrogens (tertiary/aromatic N) is 2. The van der Waals surface area contributed by atoms with Crippen molar-refractivity contribution in [1.82, 2.24) is 15.2 Å². The molecule has 5 nitrogen and oxygen atoms in total. The van der Waals surface area contributed by atoms with E-state index in [0.29, 0.717) is 5.56 Å². The number of aromatic amines is 1. The number of amides is 1. The number of carbonyl (C=O) groups excluding carboxylic acids is 1. The van der Waals surface area contributed by atoms with Crippen molar-refractivity contribution in [2.24, 2.45) is 5.73 Å². The fraction of sp³-hybridized carbons (Fsp3) is 0. The van der Waals surface area contributed by atoms with Crippen molar-refractivity contribution in [2.45, 2.75) is 0 Å². The van der Waals surface area contributed by atoms with Gasteiger partial charge in [0.25, 0.3) is 0 Å². The molecule has 0 saturated heterocycles. The predicted octanol–water partition coefficient (Wildman–Crippen LogP) is 2.24. The molecule has 0 radical (unpaired) electrons. The maximum absolute atomic E-state index is 11.0. The minimum atomic E-state index is -0.473. The minimum absolute atomic E-state index is 0.405. The molecule has 1 aromatic carbocycles. The zero-order valence-corrected chi connectivity index (χ0v) is 10.6. The molecule has 0 unspecified atom stereocenters. The van der Waals surface area contributed by atoms with Crippen LogP contribution in [-0.2, 0) is 0 Å². The second-order valence-electron chi connectivity index (χ2n) is 4.34. The lowest BCUT2D eigenvalue weighted by Crippen LogP contribution is -2.10. The van der Waals surface area contributed by atoms with Gasteiger partial charge in [0.1, 0.15) is 0 Å². The average molecular weight is 264 g/mol. The Balaban J connectivity index is 1.89. The number of primary amides is 1. The number of H-pyrrole nitrogens is 1. The van der Waals surface area contributed by atoms with Gasteiger partial charge in [0.15, 0.2) is 0 Å². The zero-order valence-electron chi connectivity index (χ0n) is 10.6. The summed E-state index contributed by atoms with van der Waals surface area (Å²) in [7, 11) is 0. The van der Waals surface area contributed by atoms with E-state index in [4.69, 9.17) is 5.73 Å². The van der Waals surface area contributed by atoms with Gasteiger partial charge in [-0.25, -0.2) is 0 Å². The molecule has 0 atom stereocenters. The standard InChI is InChI=1S/C15H12N4O/c16-15(20)12-5-6-13(17-9-12)10-1-3-11(4-2-10)14-7-8-18-19-14/h1-9H,(H2,16,20)(H,18,19). The predicted molar refractivity (Wildman–Crippen MR) is 75.8 cm³/mol. The smallest absolute Gasteiger partial charge is 0.250 e. The molecular weight excluding hydrogens is 252 g/mol. The Hall–Kier alpha value is -2.95. The Morgan fingerprint density at radius 3 is 2.30 bits per heavy atom. The lowest BCUT2D eigenvalue weighted by atomic mass is 10.1. The highest BCUT2D eigenvalue weighted by Crippen LogP contribution is 2.22. The van der Waals surface area contributed by atoms with Crippen LogP contribution < -0.4 is 5.73 Å². The number of nitrogens with one attached hydrogen (secondary N) is 1. The molecule has 20 heavy (non-hydrogen) atoms. The SMILES string of the molecule is NC(=O)c1ccc(-c2ccc(-c3ccn[nH]3)cc2)nc1. The molecule has 0 fully saturated rings. The molecule has 98 valence electrons. The summed E-state index contributed by atoms with van der Waals surface area (Å²) in [6.45, 7) is 0. The van der Waals surface area contributed by atoms with E-state index in [1.807, 2.05) is 30.3 Å². The van der Waals surface area contributed by atoms with Crippen LogP contribution in [0, 0.1) is 0 Å². The van der Waals surface area contributed by atoms with Crippen LogP contribution in [0.25, 0.3) is 22.5 Å². The molecule has 2 aromatic heterocycles. The molecule has 0 aliphatic carbocycles. The molecule has 2 heterocycles. The molecule has 0 bridgehead atoms. The van der Waals surface area contributed by atoms with Crippen molar-refractivity contribution in [3.8, 4) is 22.5 Å². The van der Waals surface area contributed by atoms with Crippen LogP contribution in [0.4, 0.5) is 0 Å². The van der Waals surface area contributed by atoms with Crippen molar-refractivity contribution in [2.75, 3.05) is 0 Å². The van der Waals surface area contributed by atoms with E-state index >= 15 is 0 Å². The van der Waals surface area contributed by atoms with Gasteiger partial charge in [-0.1, -0.05) is 24.3 Å². The van der Waals surface area contributed by atoms with E-state index < -0.39 is 5.91 Å². The summed E-state index contributed by atoms with van der Waals surface area (Å²) < 4.78 is 0. The van der Waals surface area contributed by atoms with E-state index in [9.17, 15) is 4.79 Å². The lowest BCUT2D eigenvalue weighted by molar-refractivity contribution is 0.1000. The van der Waals surface area contributed by atoms with Crippen LogP contribution in [0.3, 0.4) is 0 Å². The van der Waals surface area contributed by atoms with Gasteiger partial charge >= 0.3 is 0 Å². The third-order valence-electron chi connectivity index (χ3n) is 3.04. The summed E-state index contributed by atoms with van der Waals surface area (Å²) in [5.41, 5.74) is 9.39. The number of rotatable bonds is 3. The number of aromatic nitrogens is 3. The topological polar surface area (TPSA) is 84.7 Å². The highest BCUT2D eigenvalue weighted by atomic mass is 16.1. The Kier molecular flexibility index (Phi) is 3.01. The highest BCUT2D eigenvalue weighted by Gasteiger charge is 2.04. The average Bonchev–Trinajstić information content (AvgIpc) is 3.02. The summed E-state index contributed by atoms with van der Waals surface area (Å²) in [5.74, 6) is -0.473. The van der Waals surface area contributed by atoms with Crippen LogP contribution >= 0.6 is 0 Å². The molecule has 3 N–H and O–H groups in total. The number of hydrogen-bond acceptors (Lipinski definition) is 3. The number of benzene rings is 1. The van der Waals surface area contributed by atoms with Gasteiger partial charge in [0, 0.05) is 18.0 Å². The number of pyridine rings is 1. The highest BCUT2D eigenvalue weighted by molar-refractivity contribution is 5.92. The van der Waals surface area contributed by atoms with E-state index in [-0.39, 0.29) is 0 Å². The van der Waals surface area contributed by atoms with Gasteiger partial charge in [-0.2, -0.15) is 5.10 Å². The largest absolute Gasteiger partial charge is 0.366 e. The van der Waals surface area contributed by atoms with Crippen molar-refractivity contribution in [3.05, 3.63) is 60.4 Å². The first-order valence-electron chi connectivity index (χ1n) is 6.10. The van der Waals surface area contributed by atoms with Gasteiger partial charge in [-0.3, -0.25) is 14.9 Å². The molecule has 0 saturated carbocycles. The molecule has 1 amide bonds. The van der Waals surface area contributed by atoms with E-state index in [1.165, 1.54) is 6.20 Å². The fourth-order valence-corrected chi connectivity index (χ4v) is 1.95. The summed E-state index contributed by atoms with van der Waals surface area (Å²) in [4.78, 5) is 15.2. The van der Waals surface area contributed by atoms with Crippen molar-refractivity contribution >= 4 is 5.91 Å². The third kappa shape index (κ3) is 2.29. The minimum Gasteiger partial charge on any atom is -0.366 e. The van der Waals surface area contributed by atoms with Crippen LogP contribution in [0.1, 0.15) is 10.4 Å². The summed E-state index contributed by atoms with van der Waals surface area (Å²) in [6.07, 6.45) is 3.20. The number of nitrogens with two attached hydrogens (primary N) is 1. The van der Waals surface area contributed by atoms with Gasteiger partial charge in [-0.05, 0) is 23.8 Å². The third-order valence-corrected chi connectivity index (χ3v) is 3.04. The first kappa shape index (κ1) is 12.1. The molecule has 0 aliphatic heterocycles. The van der Waals surface area contributed by atoms with Crippen molar-refractivity contribution < 1.29 is 4.79 Å². The Labute approximate surface area is 115 Å². The van der Waals surface area contributed by atoms with Gasteiger partial charge in [0.2, 0.25) is 5.91 Å². The zero-order chi connectivity index (χ0) is 13.9. The van der Waals surface area contributed by atoms with Gasteiger partial charge < -0.3 is 5.73 Å². The fourth-order valence-electron chi connectivity index (χ4n) is 1.95. The molecule has 5 heteroatoms. The maximum atomic E-state index is 11.0. The summed E-state index contributed by atoms with van der Waals surface area (Å²) in [5, 5.41) is 6.84. The Morgan fingerprint density at radius 1 is 1.00 bits per heavy atom. The maximum Gasteiger partial charge on any atom is 0.250 e. The summed E-state index contributed by atoms with van der Waals surface area (Å²) in [6, 6.07) is 13.3. The van der Waals surface area contributed by atoms with Crippen LogP contribution in [0.5, 0.6) is 0 Å². The summed E-state index contributed by atoms with van der Waals surface area (Å²) >= 11 is 0. The van der Waals surface area contributed by atoms with Gasteiger partial charge in [-0.15, -0.1) is 0 Å².